The Labute approximate surface area is 48.6 Å². The number of hydrogen-bond donors (Lipinski definition) is 0. The molecule has 0 saturated heterocycles. The van der Waals surface area contributed by atoms with Crippen LogP contribution in [0.4, 0.5) is 4.79 Å². The molecule has 0 aliphatic rings. The summed E-state index contributed by atoms with van der Waals surface area (Å²) in [5.41, 5.74) is 0. The number of hydrogen-bond acceptors (Lipinski definition) is 3. The molecule has 0 aliphatic heterocycles. The Morgan fingerprint density at radius 2 is 2.12 bits per heavy atom. The molecule has 0 aliphatic carbocycles. The lowest BCUT2D eigenvalue weighted by Gasteiger charge is -2.03. The van der Waals surface area contributed by atoms with Crippen molar-refractivity contribution >= 4 is 6.16 Å². The average Bonchev–Trinajstić information content (AvgIpc) is 1.65. The van der Waals surface area contributed by atoms with Gasteiger partial charge in [0.25, 0.3) is 0 Å². The smallest absolute Gasteiger partial charge is 0.432 e. The maximum atomic E-state index is 10.1. The van der Waals surface area contributed by atoms with E-state index in [-0.39, 0.29) is 6.10 Å². The molecule has 3 heteroatoms. The minimum Gasteiger partial charge on any atom is -0.432 e. The highest BCUT2D eigenvalue weighted by Gasteiger charge is 2.01. The standard InChI is InChI=1S/C5H9O3/c1-4(2)8-5(6)7-3/h4H,3H2,1-2H3. The molecular weight excluding hydrogens is 108 g/mol. The maximum Gasteiger partial charge on any atom is 0.508 e. The van der Waals surface area contributed by atoms with Gasteiger partial charge in [0.1, 0.15) is 7.11 Å². The summed E-state index contributed by atoms with van der Waals surface area (Å²) in [7, 11) is 2.86. The summed E-state index contributed by atoms with van der Waals surface area (Å²) in [5, 5.41) is 0. The third-order valence-electron chi connectivity index (χ3n) is 0.450. The summed E-state index contributed by atoms with van der Waals surface area (Å²) in [5.74, 6) is 0. The van der Waals surface area contributed by atoms with Crippen LogP contribution >= 0.6 is 0 Å². The molecule has 0 bridgehead atoms. The first kappa shape index (κ1) is 7.27. The molecule has 0 aromatic heterocycles. The van der Waals surface area contributed by atoms with Gasteiger partial charge >= 0.3 is 6.16 Å². The van der Waals surface area contributed by atoms with Crippen LogP contribution in [-0.2, 0) is 9.47 Å². The SMILES string of the molecule is [CH2]OC(=O)OC(C)C. The van der Waals surface area contributed by atoms with Crippen molar-refractivity contribution in [1.82, 2.24) is 0 Å². The number of carbonyl (C=O) groups is 1. The summed E-state index contributed by atoms with van der Waals surface area (Å²) < 4.78 is 8.43. The first-order valence-corrected chi connectivity index (χ1v) is 2.29. The van der Waals surface area contributed by atoms with E-state index in [9.17, 15) is 4.79 Å². The molecule has 0 N–H and O–H groups in total. The second-order valence-corrected chi connectivity index (χ2v) is 1.56. The highest BCUT2D eigenvalue weighted by Crippen LogP contribution is 1.89. The minimum atomic E-state index is -0.736. The Kier molecular flexibility index (Phi) is 2.99. The zero-order chi connectivity index (χ0) is 6.57. The van der Waals surface area contributed by atoms with Crippen LogP contribution in [0.3, 0.4) is 0 Å². The van der Waals surface area contributed by atoms with Gasteiger partial charge in [0.2, 0.25) is 0 Å². The molecule has 0 atom stereocenters. The van der Waals surface area contributed by atoms with Gasteiger partial charge in [-0.15, -0.1) is 0 Å². The summed E-state index contributed by atoms with van der Waals surface area (Å²) in [6, 6.07) is 0. The first-order chi connectivity index (χ1) is 3.66. The third kappa shape index (κ3) is 3.46. The normalized spacial score (nSPS) is 9.00. The summed E-state index contributed by atoms with van der Waals surface area (Å²) in [6.45, 7) is 3.47. The van der Waals surface area contributed by atoms with E-state index < -0.39 is 6.16 Å². The van der Waals surface area contributed by atoms with Gasteiger partial charge in [-0.1, -0.05) is 0 Å². The fourth-order valence-corrected chi connectivity index (χ4v) is 0.226. The van der Waals surface area contributed by atoms with Crippen molar-refractivity contribution in [3.63, 3.8) is 0 Å². The molecule has 0 spiro atoms. The third-order valence-corrected chi connectivity index (χ3v) is 0.450. The number of carbonyl (C=O) groups excluding carboxylic acids is 1. The molecule has 47 valence electrons. The Balaban J connectivity index is 3.25. The molecule has 0 unspecified atom stereocenters. The van der Waals surface area contributed by atoms with Crippen LogP contribution < -0.4 is 0 Å². The van der Waals surface area contributed by atoms with Gasteiger partial charge in [-0.05, 0) is 13.8 Å². The molecule has 3 nitrogen and oxygen atoms in total. The second kappa shape index (κ2) is 3.29. The molecule has 0 fully saturated rings. The zero-order valence-electron chi connectivity index (χ0n) is 5.01. The fraction of sp³-hybridized carbons (Fsp3) is 0.600. The first-order valence-electron chi connectivity index (χ1n) is 2.29. The molecular formula is C5H9O3. The van der Waals surface area contributed by atoms with Gasteiger partial charge in [-0.25, -0.2) is 4.79 Å². The van der Waals surface area contributed by atoms with Gasteiger partial charge in [-0.2, -0.15) is 0 Å². The van der Waals surface area contributed by atoms with Crippen molar-refractivity contribution in [2.45, 2.75) is 20.0 Å². The monoisotopic (exact) mass is 117 g/mol. The van der Waals surface area contributed by atoms with E-state index in [4.69, 9.17) is 0 Å². The maximum absolute atomic E-state index is 10.1. The molecule has 0 aromatic rings. The van der Waals surface area contributed by atoms with Crippen LogP contribution in [-0.4, -0.2) is 12.3 Å². The zero-order valence-corrected chi connectivity index (χ0v) is 5.01. The predicted octanol–water partition coefficient (Wildman–Crippen LogP) is 1.34. The van der Waals surface area contributed by atoms with Crippen LogP contribution in [0.15, 0.2) is 0 Å². The van der Waals surface area contributed by atoms with Crippen molar-refractivity contribution in [2.24, 2.45) is 0 Å². The quantitative estimate of drug-likeness (QED) is 0.486. The second-order valence-electron chi connectivity index (χ2n) is 1.56. The van der Waals surface area contributed by atoms with E-state index in [0.717, 1.165) is 0 Å². The van der Waals surface area contributed by atoms with Crippen LogP contribution in [0.1, 0.15) is 13.8 Å². The molecule has 0 aromatic carbocycles. The molecule has 0 rings (SSSR count). The Morgan fingerprint density at radius 3 is 2.25 bits per heavy atom. The largest absolute Gasteiger partial charge is 0.508 e. The Morgan fingerprint density at radius 1 is 1.62 bits per heavy atom. The van der Waals surface area contributed by atoms with E-state index >= 15 is 0 Å². The summed E-state index contributed by atoms with van der Waals surface area (Å²) in [6.07, 6.45) is -0.871. The van der Waals surface area contributed by atoms with Gasteiger partial charge < -0.3 is 9.47 Å². The highest BCUT2D eigenvalue weighted by atomic mass is 16.7. The number of ether oxygens (including phenoxy) is 2. The van der Waals surface area contributed by atoms with Crippen molar-refractivity contribution in [3.05, 3.63) is 7.11 Å². The van der Waals surface area contributed by atoms with Crippen LogP contribution in [0.25, 0.3) is 0 Å². The van der Waals surface area contributed by atoms with E-state index in [1.807, 2.05) is 0 Å². The summed E-state index contributed by atoms with van der Waals surface area (Å²) >= 11 is 0. The van der Waals surface area contributed by atoms with Gasteiger partial charge in [0.05, 0.1) is 6.10 Å². The lowest BCUT2D eigenvalue weighted by molar-refractivity contribution is 0.0585. The van der Waals surface area contributed by atoms with Crippen molar-refractivity contribution < 1.29 is 14.3 Å². The van der Waals surface area contributed by atoms with Gasteiger partial charge in [0, 0.05) is 0 Å². The molecule has 0 saturated carbocycles. The molecule has 0 heterocycles. The van der Waals surface area contributed by atoms with Crippen molar-refractivity contribution in [3.8, 4) is 0 Å². The molecule has 1 radical (unpaired) electrons. The Hall–Kier alpha value is -0.730. The van der Waals surface area contributed by atoms with Crippen LogP contribution in [0, 0.1) is 7.11 Å². The predicted molar refractivity (Wildman–Crippen MR) is 28.1 cm³/mol. The van der Waals surface area contributed by atoms with Crippen LogP contribution in [0.5, 0.6) is 0 Å². The lowest BCUT2D eigenvalue weighted by atomic mass is 10.5. The van der Waals surface area contributed by atoms with E-state index in [0.29, 0.717) is 0 Å². The summed E-state index contributed by atoms with van der Waals surface area (Å²) in [4.78, 5) is 10.1. The van der Waals surface area contributed by atoms with Gasteiger partial charge in [-0.3, -0.25) is 0 Å². The lowest BCUT2D eigenvalue weighted by Crippen LogP contribution is -2.09. The van der Waals surface area contributed by atoms with E-state index in [1.54, 1.807) is 13.8 Å². The minimum absolute atomic E-state index is 0.135. The average molecular weight is 117 g/mol. The van der Waals surface area contributed by atoms with Gasteiger partial charge in [0.15, 0.2) is 0 Å². The topological polar surface area (TPSA) is 35.5 Å². The Bertz CT molecular complexity index is 77.7. The number of rotatable bonds is 1. The molecule has 8 heavy (non-hydrogen) atoms. The van der Waals surface area contributed by atoms with Crippen molar-refractivity contribution in [1.29, 1.82) is 0 Å². The van der Waals surface area contributed by atoms with Crippen LogP contribution in [0.2, 0.25) is 0 Å². The van der Waals surface area contributed by atoms with Crippen molar-refractivity contribution in [2.75, 3.05) is 0 Å². The van der Waals surface area contributed by atoms with E-state index in [1.165, 1.54) is 0 Å². The fourth-order valence-electron chi connectivity index (χ4n) is 0.226. The highest BCUT2D eigenvalue weighted by molar-refractivity contribution is 5.60. The van der Waals surface area contributed by atoms with E-state index in [2.05, 4.69) is 16.6 Å². The molecule has 0 amide bonds.